The Kier molecular flexibility index (Phi) is 2.94. The minimum absolute atomic E-state index is 0.0444. The van der Waals surface area contributed by atoms with Gasteiger partial charge in [0.15, 0.2) is 5.82 Å². The highest BCUT2D eigenvalue weighted by molar-refractivity contribution is 9.10. The lowest BCUT2D eigenvalue weighted by Gasteiger charge is -2.03. The number of H-pyrrole nitrogens is 1. The largest absolute Gasteiger partial charge is 0.479 e. The fourth-order valence-corrected chi connectivity index (χ4v) is 2.33. The molecule has 6 heteroatoms. The number of methoxy groups -OCH3 is 1. The van der Waals surface area contributed by atoms with Gasteiger partial charge in [-0.15, -0.1) is 0 Å². The average Bonchev–Trinajstić information content (AvgIpc) is 2.84. The number of fused-ring (bicyclic) bond motifs is 1. The van der Waals surface area contributed by atoms with Crippen molar-refractivity contribution in [3.8, 4) is 17.3 Å². The number of para-hydroxylation sites is 1. The zero-order valence-corrected chi connectivity index (χ0v) is 11.5. The summed E-state index contributed by atoms with van der Waals surface area (Å²) in [6, 6.07) is 7.21. The van der Waals surface area contributed by atoms with E-state index in [-0.39, 0.29) is 5.88 Å². The third-order valence-corrected chi connectivity index (χ3v) is 3.41. The number of halogens is 2. The summed E-state index contributed by atoms with van der Waals surface area (Å²) in [4.78, 5) is 11.3. The van der Waals surface area contributed by atoms with Gasteiger partial charge in [-0.05, 0) is 34.1 Å². The first-order valence-corrected chi connectivity index (χ1v) is 6.33. The number of nitrogens with zero attached hydrogens (tertiary/aromatic N) is 2. The van der Waals surface area contributed by atoms with Crippen LogP contribution < -0.4 is 4.74 Å². The summed E-state index contributed by atoms with van der Waals surface area (Å²) < 4.78 is 19.9. The first-order chi connectivity index (χ1) is 9.20. The van der Waals surface area contributed by atoms with Gasteiger partial charge in [0, 0.05) is 10.7 Å². The molecule has 0 saturated carbocycles. The summed E-state index contributed by atoms with van der Waals surface area (Å²) in [5.41, 5.74) is 1.92. The molecule has 0 radical (unpaired) electrons. The fourth-order valence-electron chi connectivity index (χ4n) is 1.87. The van der Waals surface area contributed by atoms with Gasteiger partial charge in [0.1, 0.15) is 11.3 Å². The van der Waals surface area contributed by atoms with Gasteiger partial charge in [-0.1, -0.05) is 6.07 Å². The van der Waals surface area contributed by atoms with Gasteiger partial charge in [0.2, 0.25) is 0 Å². The normalized spacial score (nSPS) is 10.9. The van der Waals surface area contributed by atoms with E-state index in [0.29, 0.717) is 11.4 Å². The Hall–Kier alpha value is -1.95. The van der Waals surface area contributed by atoms with Gasteiger partial charge >= 0.3 is 0 Å². The monoisotopic (exact) mass is 321 g/mol. The molecule has 0 aliphatic rings. The molecular formula is C13H9BrFN3O. The second-order valence-corrected chi connectivity index (χ2v) is 4.76. The first kappa shape index (κ1) is 12.1. The fraction of sp³-hybridized carbons (Fsp3) is 0.0769. The second-order valence-electron chi connectivity index (χ2n) is 3.90. The summed E-state index contributed by atoms with van der Waals surface area (Å²) in [7, 11) is 1.38. The van der Waals surface area contributed by atoms with E-state index in [9.17, 15) is 4.39 Å². The van der Waals surface area contributed by atoms with Crippen molar-refractivity contribution < 1.29 is 9.13 Å². The lowest BCUT2D eigenvalue weighted by molar-refractivity contribution is 0.370. The predicted octanol–water partition coefficient (Wildman–Crippen LogP) is 3.54. The number of imidazole rings is 1. The predicted molar refractivity (Wildman–Crippen MR) is 73.5 cm³/mol. The van der Waals surface area contributed by atoms with Gasteiger partial charge in [-0.25, -0.2) is 14.4 Å². The van der Waals surface area contributed by atoms with Crippen LogP contribution in [-0.2, 0) is 0 Å². The van der Waals surface area contributed by atoms with Crippen molar-refractivity contribution in [2.24, 2.45) is 0 Å². The Morgan fingerprint density at radius 1 is 1.32 bits per heavy atom. The zero-order chi connectivity index (χ0) is 13.4. The van der Waals surface area contributed by atoms with Crippen LogP contribution in [0, 0.1) is 5.82 Å². The standard InChI is InChI=1S/C13H9BrFN3O/c1-19-13-10(15)7(5-6-16-13)12-17-9-4-2-3-8(14)11(9)18-12/h2-6H,1H3,(H,17,18). The molecule has 0 atom stereocenters. The molecule has 0 aliphatic heterocycles. The van der Waals surface area contributed by atoms with E-state index in [1.165, 1.54) is 13.3 Å². The van der Waals surface area contributed by atoms with E-state index in [1.54, 1.807) is 6.07 Å². The Labute approximate surface area is 116 Å². The number of aromatic nitrogens is 3. The molecule has 96 valence electrons. The van der Waals surface area contributed by atoms with Gasteiger partial charge in [0.05, 0.1) is 18.2 Å². The summed E-state index contributed by atoms with van der Waals surface area (Å²) in [6.07, 6.45) is 1.49. The lowest BCUT2D eigenvalue weighted by Crippen LogP contribution is -1.95. The van der Waals surface area contributed by atoms with Crippen molar-refractivity contribution >= 4 is 27.0 Å². The van der Waals surface area contributed by atoms with Crippen molar-refractivity contribution in [1.29, 1.82) is 0 Å². The maximum atomic E-state index is 14.1. The molecule has 3 aromatic rings. The van der Waals surface area contributed by atoms with E-state index in [1.807, 2.05) is 18.2 Å². The number of pyridine rings is 1. The first-order valence-electron chi connectivity index (χ1n) is 5.54. The highest BCUT2D eigenvalue weighted by Crippen LogP contribution is 2.29. The Balaban J connectivity index is 2.22. The highest BCUT2D eigenvalue weighted by atomic mass is 79.9. The van der Waals surface area contributed by atoms with Gasteiger partial charge in [0.25, 0.3) is 5.88 Å². The molecule has 0 aliphatic carbocycles. The third-order valence-electron chi connectivity index (χ3n) is 2.77. The number of hydrogen-bond donors (Lipinski definition) is 1. The lowest BCUT2D eigenvalue weighted by atomic mass is 10.2. The van der Waals surface area contributed by atoms with Gasteiger partial charge < -0.3 is 9.72 Å². The molecule has 0 fully saturated rings. The summed E-state index contributed by atoms with van der Waals surface area (Å²) >= 11 is 3.42. The minimum atomic E-state index is -0.528. The van der Waals surface area contributed by atoms with Crippen LogP contribution in [0.5, 0.6) is 5.88 Å². The van der Waals surface area contributed by atoms with E-state index in [4.69, 9.17) is 4.74 Å². The SMILES string of the molecule is COc1nccc(-c2nc3c(Br)cccc3[nH]2)c1F. The van der Waals surface area contributed by atoms with Crippen molar-refractivity contribution in [1.82, 2.24) is 15.0 Å². The molecule has 0 bridgehead atoms. The number of benzene rings is 1. The van der Waals surface area contributed by atoms with Crippen LogP contribution in [0.1, 0.15) is 0 Å². The van der Waals surface area contributed by atoms with Crippen LogP contribution >= 0.6 is 15.9 Å². The Morgan fingerprint density at radius 3 is 2.89 bits per heavy atom. The maximum absolute atomic E-state index is 14.1. The summed E-state index contributed by atoms with van der Waals surface area (Å²) in [5, 5.41) is 0. The molecule has 3 rings (SSSR count). The highest BCUT2D eigenvalue weighted by Gasteiger charge is 2.15. The summed E-state index contributed by atoms with van der Waals surface area (Å²) in [6.45, 7) is 0. The van der Waals surface area contributed by atoms with E-state index >= 15 is 0 Å². The molecule has 2 heterocycles. The van der Waals surface area contributed by atoms with E-state index in [0.717, 1.165) is 15.5 Å². The van der Waals surface area contributed by atoms with Crippen LogP contribution in [0.2, 0.25) is 0 Å². The minimum Gasteiger partial charge on any atom is -0.479 e. The average molecular weight is 322 g/mol. The third kappa shape index (κ3) is 1.98. The molecule has 4 nitrogen and oxygen atoms in total. The zero-order valence-electron chi connectivity index (χ0n) is 9.95. The van der Waals surface area contributed by atoms with Gasteiger partial charge in [-0.2, -0.15) is 0 Å². The topological polar surface area (TPSA) is 50.8 Å². The van der Waals surface area contributed by atoms with Crippen LogP contribution in [-0.4, -0.2) is 22.1 Å². The molecule has 0 amide bonds. The van der Waals surface area contributed by atoms with Crippen molar-refractivity contribution in [2.75, 3.05) is 7.11 Å². The van der Waals surface area contributed by atoms with Crippen LogP contribution in [0.25, 0.3) is 22.4 Å². The number of ether oxygens (including phenoxy) is 1. The molecule has 1 N–H and O–H groups in total. The Bertz CT molecular complexity index is 757. The number of rotatable bonds is 2. The Morgan fingerprint density at radius 2 is 2.16 bits per heavy atom. The van der Waals surface area contributed by atoms with Gasteiger partial charge in [-0.3, -0.25) is 0 Å². The second kappa shape index (κ2) is 4.62. The smallest absolute Gasteiger partial charge is 0.250 e. The van der Waals surface area contributed by atoms with Crippen LogP contribution in [0.15, 0.2) is 34.9 Å². The number of aromatic amines is 1. The van der Waals surface area contributed by atoms with Crippen LogP contribution in [0.4, 0.5) is 4.39 Å². The molecule has 0 unspecified atom stereocenters. The van der Waals surface area contributed by atoms with Crippen molar-refractivity contribution in [3.05, 3.63) is 40.8 Å². The maximum Gasteiger partial charge on any atom is 0.250 e. The molecule has 19 heavy (non-hydrogen) atoms. The van der Waals surface area contributed by atoms with Crippen molar-refractivity contribution in [2.45, 2.75) is 0 Å². The van der Waals surface area contributed by atoms with Crippen LogP contribution in [0.3, 0.4) is 0 Å². The molecular weight excluding hydrogens is 313 g/mol. The molecule has 1 aromatic carbocycles. The van der Waals surface area contributed by atoms with E-state index < -0.39 is 5.82 Å². The van der Waals surface area contributed by atoms with Crippen molar-refractivity contribution in [3.63, 3.8) is 0 Å². The number of hydrogen-bond acceptors (Lipinski definition) is 3. The molecule has 2 aromatic heterocycles. The molecule has 0 spiro atoms. The number of nitrogens with one attached hydrogen (secondary N) is 1. The van der Waals surface area contributed by atoms with E-state index in [2.05, 4.69) is 30.9 Å². The summed E-state index contributed by atoms with van der Waals surface area (Å²) in [5.74, 6) is -0.127. The molecule has 0 saturated heterocycles. The quantitative estimate of drug-likeness (QED) is 0.785.